The van der Waals surface area contributed by atoms with Gasteiger partial charge in [-0.3, -0.25) is 4.98 Å². The Hall–Kier alpha value is -0.890. The van der Waals surface area contributed by atoms with E-state index in [-0.39, 0.29) is 0 Å². The first-order valence-electron chi connectivity index (χ1n) is 5.74. The number of pyridine rings is 1. The minimum Gasteiger partial charge on any atom is -0.309 e. The van der Waals surface area contributed by atoms with Crippen LogP contribution in [0.25, 0.3) is 0 Å². The van der Waals surface area contributed by atoms with Crippen molar-refractivity contribution in [3.05, 3.63) is 30.1 Å². The minimum absolute atomic E-state index is 0.364. The van der Waals surface area contributed by atoms with Gasteiger partial charge in [0.1, 0.15) is 0 Å². The number of rotatable bonds is 4. The Kier molecular flexibility index (Phi) is 2.79. The maximum atomic E-state index is 4.35. The number of hydrogen-bond donors (Lipinski definition) is 1. The molecule has 0 aromatic carbocycles. The predicted molar refractivity (Wildman–Crippen MR) is 62.5 cm³/mol. The van der Waals surface area contributed by atoms with Gasteiger partial charge in [0, 0.05) is 12.2 Å². The molecule has 2 atom stereocenters. The Bertz CT molecular complexity index is 319. The van der Waals surface area contributed by atoms with Crippen molar-refractivity contribution in [2.24, 2.45) is 11.3 Å². The van der Waals surface area contributed by atoms with Crippen LogP contribution in [0.4, 0.5) is 0 Å². The highest BCUT2D eigenvalue weighted by Gasteiger charge is 2.44. The second-order valence-electron chi connectivity index (χ2n) is 5.27. The molecule has 82 valence electrons. The van der Waals surface area contributed by atoms with Crippen molar-refractivity contribution in [3.8, 4) is 0 Å². The zero-order valence-electron chi connectivity index (χ0n) is 9.83. The van der Waals surface area contributed by atoms with Crippen LogP contribution in [0.1, 0.15) is 38.9 Å². The SMILES string of the molecule is CC(NCC1CC1(C)C)c1ccccn1. The molecule has 1 saturated carbocycles. The Morgan fingerprint density at radius 2 is 2.27 bits per heavy atom. The summed E-state index contributed by atoms with van der Waals surface area (Å²) in [4.78, 5) is 4.35. The van der Waals surface area contributed by atoms with Gasteiger partial charge in [0.2, 0.25) is 0 Å². The molecule has 1 aromatic heterocycles. The van der Waals surface area contributed by atoms with E-state index < -0.39 is 0 Å². The summed E-state index contributed by atoms with van der Waals surface area (Å²) in [7, 11) is 0. The first-order chi connectivity index (χ1) is 7.09. The van der Waals surface area contributed by atoms with Crippen LogP contribution in [0, 0.1) is 11.3 Å². The average molecular weight is 204 g/mol. The second kappa shape index (κ2) is 3.93. The lowest BCUT2D eigenvalue weighted by atomic mass is 10.1. The molecule has 0 aliphatic heterocycles. The van der Waals surface area contributed by atoms with Gasteiger partial charge in [-0.05, 0) is 43.4 Å². The lowest BCUT2D eigenvalue weighted by molar-refractivity contribution is 0.480. The molecule has 1 heterocycles. The van der Waals surface area contributed by atoms with E-state index in [1.807, 2.05) is 18.3 Å². The summed E-state index contributed by atoms with van der Waals surface area (Å²) in [5.74, 6) is 0.851. The fraction of sp³-hybridized carbons (Fsp3) is 0.615. The molecule has 2 nitrogen and oxygen atoms in total. The predicted octanol–water partition coefficient (Wildman–Crippen LogP) is 2.78. The van der Waals surface area contributed by atoms with Crippen molar-refractivity contribution in [3.63, 3.8) is 0 Å². The number of hydrogen-bond acceptors (Lipinski definition) is 2. The second-order valence-corrected chi connectivity index (χ2v) is 5.27. The molecule has 0 radical (unpaired) electrons. The maximum absolute atomic E-state index is 4.35. The van der Waals surface area contributed by atoms with E-state index in [0.29, 0.717) is 11.5 Å². The van der Waals surface area contributed by atoms with E-state index in [4.69, 9.17) is 0 Å². The smallest absolute Gasteiger partial charge is 0.0570 e. The van der Waals surface area contributed by atoms with Crippen LogP contribution in [0.3, 0.4) is 0 Å². The van der Waals surface area contributed by atoms with Gasteiger partial charge in [-0.2, -0.15) is 0 Å². The molecule has 1 fully saturated rings. The quantitative estimate of drug-likeness (QED) is 0.815. The highest BCUT2D eigenvalue weighted by Crippen LogP contribution is 2.51. The van der Waals surface area contributed by atoms with Crippen molar-refractivity contribution < 1.29 is 0 Å². The zero-order valence-corrected chi connectivity index (χ0v) is 9.83. The standard InChI is InChI=1S/C13H20N2/c1-10(12-6-4-5-7-14-12)15-9-11-8-13(11,2)3/h4-7,10-11,15H,8-9H2,1-3H3. The molecular weight excluding hydrogens is 184 g/mol. The van der Waals surface area contributed by atoms with Gasteiger partial charge in [0.15, 0.2) is 0 Å². The normalized spacial score (nSPS) is 24.9. The van der Waals surface area contributed by atoms with E-state index >= 15 is 0 Å². The van der Waals surface area contributed by atoms with Crippen LogP contribution in [-0.4, -0.2) is 11.5 Å². The molecule has 2 rings (SSSR count). The molecule has 0 bridgehead atoms. The van der Waals surface area contributed by atoms with Crippen molar-refractivity contribution >= 4 is 0 Å². The summed E-state index contributed by atoms with van der Waals surface area (Å²) in [6, 6.07) is 6.44. The van der Waals surface area contributed by atoms with E-state index in [1.54, 1.807) is 0 Å². The van der Waals surface area contributed by atoms with Gasteiger partial charge in [-0.1, -0.05) is 19.9 Å². The van der Waals surface area contributed by atoms with E-state index in [9.17, 15) is 0 Å². The van der Waals surface area contributed by atoms with E-state index in [1.165, 1.54) is 6.42 Å². The fourth-order valence-corrected chi connectivity index (χ4v) is 1.98. The summed E-state index contributed by atoms with van der Waals surface area (Å²) in [5, 5.41) is 3.55. The van der Waals surface area contributed by atoms with Gasteiger partial charge in [0.05, 0.1) is 5.69 Å². The third kappa shape index (κ3) is 2.57. The third-order valence-corrected chi connectivity index (χ3v) is 3.52. The van der Waals surface area contributed by atoms with E-state index in [0.717, 1.165) is 18.2 Å². The highest BCUT2D eigenvalue weighted by molar-refractivity contribution is 5.08. The van der Waals surface area contributed by atoms with Crippen molar-refractivity contribution in [2.75, 3.05) is 6.54 Å². The van der Waals surface area contributed by atoms with Gasteiger partial charge in [-0.25, -0.2) is 0 Å². The molecule has 1 aliphatic carbocycles. The summed E-state index contributed by atoms with van der Waals surface area (Å²) >= 11 is 0. The number of nitrogens with one attached hydrogen (secondary N) is 1. The zero-order chi connectivity index (χ0) is 10.9. The molecular formula is C13H20N2. The summed E-state index contributed by atoms with van der Waals surface area (Å²) in [6.45, 7) is 7.97. The van der Waals surface area contributed by atoms with Crippen molar-refractivity contribution in [2.45, 2.75) is 33.2 Å². The highest BCUT2D eigenvalue weighted by atomic mass is 14.9. The van der Waals surface area contributed by atoms with Gasteiger partial charge in [0.25, 0.3) is 0 Å². The molecule has 2 unspecified atom stereocenters. The fourth-order valence-electron chi connectivity index (χ4n) is 1.98. The molecule has 1 aliphatic rings. The lowest BCUT2D eigenvalue weighted by Gasteiger charge is -2.13. The molecule has 1 aromatic rings. The van der Waals surface area contributed by atoms with Crippen molar-refractivity contribution in [1.82, 2.24) is 10.3 Å². The molecule has 1 N–H and O–H groups in total. The summed E-state index contributed by atoms with van der Waals surface area (Å²) < 4.78 is 0. The van der Waals surface area contributed by atoms with Gasteiger partial charge >= 0.3 is 0 Å². The van der Waals surface area contributed by atoms with Crippen LogP contribution in [-0.2, 0) is 0 Å². The van der Waals surface area contributed by atoms with Gasteiger partial charge in [-0.15, -0.1) is 0 Å². The van der Waals surface area contributed by atoms with Crippen molar-refractivity contribution in [1.29, 1.82) is 0 Å². The Morgan fingerprint density at radius 3 is 2.80 bits per heavy atom. The Morgan fingerprint density at radius 1 is 1.53 bits per heavy atom. The number of nitrogens with zero attached hydrogens (tertiary/aromatic N) is 1. The molecule has 0 spiro atoms. The monoisotopic (exact) mass is 204 g/mol. The van der Waals surface area contributed by atoms with Crippen LogP contribution in [0.5, 0.6) is 0 Å². The summed E-state index contributed by atoms with van der Waals surface area (Å²) in [5.41, 5.74) is 1.70. The van der Waals surface area contributed by atoms with Crippen LogP contribution in [0.15, 0.2) is 24.4 Å². The molecule has 0 amide bonds. The molecule has 15 heavy (non-hydrogen) atoms. The topological polar surface area (TPSA) is 24.9 Å². The largest absolute Gasteiger partial charge is 0.309 e. The first kappa shape index (κ1) is 10.6. The molecule has 2 heteroatoms. The maximum Gasteiger partial charge on any atom is 0.0570 e. The minimum atomic E-state index is 0.364. The number of aromatic nitrogens is 1. The van der Waals surface area contributed by atoms with Crippen LogP contribution < -0.4 is 5.32 Å². The average Bonchev–Trinajstić information content (AvgIpc) is 2.84. The first-order valence-corrected chi connectivity index (χ1v) is 5.74. The Labute approximate surface area is 92.1 Å². The molecule has 0 saturated heterocycles. The van der Waals surface area contributed by atoms with Crippen LogP contribution in [0.2, 0.25) is 0 Å². The third-order valence-electron chi connectivity index (χ3n) is 3.52. The summed E-state index contributed by atoms with van der Waals surface area (Å²) in [6.07, 6.45) is 3.21. The van der Waals surface area contributed by atoms with Gasteiger partial charge < -0.3 is 5.32 Å². The lowest BCUT2D eigenvalue weighted by Crippen LogP contribution is -2.23. The Balaban J connectivity index is 1.81. The van der Waals surface area contributed by atoms with Crippen LogP contribution >= 0.6 is 0 Å². The van der Waals surface area contributed by atoms with E-state index in [2.05, 4.69) is 37.1 Å².